The van der Waals surface area contributed by atoms with Crippen molar-refractivity contribution in [1.29, 1.82) is 0 Å². The monoisotopic (exact) mass is 298 g/mol. The van der Waals surface area contributed by atoms with Gasteiger partial charge in [0.1, 0.15) is 4.90 Å². The van der Waals surface area contributed by atoms with Crippen molar-refractivity contribution in [3.8, 4) is 0 Å². The SMILES string of the molecule is CC(C)(C)C1CN(c2ccncc2S(N)(=O)=O)CCN1. The van der Waals surface area contributed by atoms with Gasteiger partial charge in [0, 0.05) is 38.1 Å². The van der Waals surface area contributed by atoms with Crippen LogP contribution >= 0.6 is 0 Å². The number of primary sulfonamides is 1. The largest absolute Gasteiger partial charge is 0.367 e. The van der Waals surface area contributed by atoms with Crippen LogP contribution in [0.25, 0.3) is 0 Å². The van der Waals surface area contributed by atoms with Crippen molar-refractivity contribution in [2.75, 3.05) is 24.5 Å². The molecule has 112 valence electrons. The summed E-state index contributed by atoms with van der Waals surface area (Å²) in [6.07, 6.45) is 2.91. The number of pyridine rings is 1. The van der Waals surface area contributed by atoms with Gasteiger partial charge in [0.2, 0.25) is 10.0 Å². The van der Waals surface area contributed by atoms with Crippen LogP contribution in [0.5, 0.6) is 0 Å². The molecule has 0 bridgehead atoms. The summed E-state index contributed by atoms with van der Waals surface area (Å²) in [6, 6.07) is 2.00. The van der Waals surface area contributed by atoms with Gasteiger partial charge in [-0.25, -0.2) is 13.6 Å². The Morgan fingerprint density at radius 3 is 2.75 bits per heavy atom. The van der Waals surface area contributed by atoms with Crippen molar-refractivity contribution >= 4 is 15.7 Å². The molecule has 0 saturated carbocycles. The number of hydrogen-bond acceptors (Lipinski definition) is 5. The van der Waals surface area contributed by atoms with Crippen LogP contribution in [0.2, 0.25) is 0 Å². The van der Waals surface area contributed by atoms with Crippen LogP contribution in [0.3, 0.4) is 0 Å². The molecule has 0 spiro atoms. The summed E-state index contributed by atoms with van der Waals surface area (Å²) in [7, 11) is -3.76. The second-order valence-electron chi connectivity index (χ2n) is 6.21. The van der Waals surface area contributed by atoms with Crippen molar-refractivity contribution < 1.29 is 8.42 Å². The second kappa shape index (κ2) is 5.31. The molecule has 2 heterocycles. The standard InChI is InChI=1S/C13H22N4O2S/c1-13(2,3)12-9-17(7-6-16-12)10-4-5-15-8-11(10)20(14,18)19/h4-5,8,12,16H,6-7,9H2,1-3H3,(H2,14,18,19). The lowest BCUT2D eigenvalue weighted by atomic mass is 9.85. The molecular formula is C13H22N4O2S. The van der Waals surface area contributed by atoms with E-state index in [2.05, 4.69) is 36.0 Å². The Balaban J connectivity index is 2.33. The van der Waals surface area contributed by atoms with Gasteiger partial charge in [-0.05, 0) is 11.5 Å². The Kier molecular flexibility index (Phi) is 4.04. The lowest BCUT2D eigenvalue weighted by Crippen LogP contribution is -2.56. The summed E-state index contributed by atoms with van der Waals surface area (Å²) in [6.45, 7) is 8.81. The quantitative estimate of drug-likeness (QED) is 0.832. The van der Waals surface area contributed by atoms with Gasteiger partial charge in [0.05, 0.1) is 5.69 Å². The molecule has 1 aromatic rings. The van der Waals surface area contributed by atoms with E-state index in [9.17, 15) is 8.42 Å². The van der Waals surface area contributed by atoms with Crippen molar-refractivity contribution in [2.24, 2.45) is 10.6 Å². The molecule has 20 heavy (non-hydrogen) atoms. The van der Waals surface area contributed by atoms with Crippen molar-refractivity contribution in [3.63, 3.8) is 0 Å². The Hall–Kier alpha value is -1.18. The van der Waals surface area contributed by atoms with Crippen LogP contribution in [0, 0.1) is 5.41 Å². The van der Waals surface area contributed by atoms with E-state index in [0.717, 1.165) is 19.6 Å². The number of piperazine rings is 1. The van der Waals surface area contributed by atoms with Gasteiger partial charge in [0.25, 0.3) is 0 Å². The topological polar surface area (TPSA) is 88.3 Å². The number of nitrogens with two attached hydrogens (primary N) is 1. The van der Waals surface area contributed by atoms with Gasteiger partial charge < -0.3 is 10.2 Å². The number of anilines is 1. The van der Waals surface area contributed by atoms with E-state index in [1.165, 1.54) is 6.20 Å². The van der Waals surface area contributed by atoms with Gasteiger partial charge in [-0.2, -0.15) is 0 Å². The highest BCUT2D eigenvalue weighted by Gasteiger charge is 2.31. The first-order chi connectivity index (χ1) is 9.19. The molecule has 1 aliphatic rings. The molecule has 1 aliphatic heterocycles. The van der Waals surface area contributed by atoms with E-state index in [-0.39, 0.29) is 16.4 Å². The lowest BCUT2D eigenvalue weighted by Gasteiger charge is -2.41. The molecule has 0 aromatic carbocycles. The van der Waals surface area contributed by atoms with Crippen LogP contribution in [0.1, 0.15) is 20.8 Å². The Labute approximate surface area is 120 Å². The van der Waals surface area contributed by atoms with E-state index in [1.54, 1.807) is 12.3 Å². The van der Waals surface area contributed by atoms with Crippen molar-refractivity contribution in [2.45, 2.75) is 31.7 Å². The molecular weight excluding hydrogens is 276 g/mol. The number of rotatable bonds is 2. The van der Waals surface area contributed by atoms with Gasteiger partial charge >= 0.3 is 0 Å². The fourth-order valence-electron chi connectivity index (χ4n) is 2.40. The van der Waals surface area contributed by atoms with E-state index in [4.69, 9.17) is 5.14 Å². The molecule has 0 aliphatic carbocycles. The maximum atomic E-state index is 11.7. The highest BCUT2D eigenvalue weighted by Crippen LogP contribution is 2.28. The third-order valence-corrected chi connectivity index (χ3v) is 4.56. The van der Waals surface area contributed by atoms with Crippen molar-refractivity contribution in [1.82, 2.24) is 10.3 Å². The average Bonchev–Trinajstić information content (AvgIpc) is 2.37. The first kappa shape index (κ1) is 15.2. The van der Waals surface area contributed by atoms with Crippen LogP contribution in [0.4, 0.5) is 5.69 Å². The molecule has 1 unspecified atom stereocenters. The number of sulfonamides is 1. The van der Waals surface area contributed by atoms with Crippen LogP contribution in [0.15, 0.2) is 23.4 Å². The van der Waals surface area contributed by atoms with Crippen LogP contribution < -0.4 is 15.4 Å². The Morgan fingerprint density at radius 1 is 1.45 bits per heavy atom. The minimum absolute atomic E-state index is 0.0922. The Bertz CT molecular complexity index is 580. The number of nitrogens with one attached hydrogen (secondary N) is 1. The van der Waals surface area contributed by atoms with E-state index in [0.29, 0.717) is 5.69 Å². The van der Waals surface area contributed by atoms with E-state index >= 15 is 0 Å². The molecule has 7 heteroatoms. The molecule has 6 nitrogen and oxygen atoms in total. The van der Waals surface area contributed by atoms with Crippen LogP contribution in [-0.2, 0) is 10.0 Å². The summed E-state index contributed by atoms with van der Waals surface area (Å²) >= 11 is 0. The van der Waals surface area contributed by atoms with Gasteiger partial charge in [0.15, 0.2) is 0 Å². The Morgan fingerprint density at radius 2 is 2.15 bits per heavy atom. The predicted molar refractivity (Wildman–Crippen MR) is 79.1 cm³/mol. The smallest absolute Gasteiger partial charge is 0.241 e. The molecule has 2 rings (SSSR count). The van der Waals surface area contributed by atoms with Gasteiger partial charge in [-0.15, -0.1) is 0 Å². The minimum Gasteiger partial charge on any atom is -0.367 e. The molecule has 1 fully saturated rings. The second-order valence-corrected chi connectivity index (χ2v) is 7.74. The minimum atomic E-state index is -3.76. The fourth-order valence-corrected chi connectivity index (χ4v) is 3.10. The van der Waals surface area contributed by atoms with Gasteiger partial charge in [-0.3, -0.25) is 4.98 Å². The number of hydrogen-bond donors (Lipinski definition) is 2. The maximum Gasteiger partial charge on any atom is 0.241 e. The molecule has 0 amide bonds. The molecule has 3 N–H and O–H groups in total. The highest BCUT2D eigenvalue weighted by molar-refractivity contribution is 7.89. The summed E-state index contributed by atoms with van der Waals surface area (Å²) < 4.78 is 23.3. The summed E-state index contributed by atoms with van der Waals surface area (Å²) in [5, 5.41) is 8.75. The van der Waals surface area contributed by atoms with Crippen molar-refractivity contribution in [3.05, 3.63) is 18.5 Å². The number of aromatic nitrogens is 1. The van der Waals surface area contributed by atoms with E-state index in [1.807, 2.05) is 0 Å². The maximum absolute atomic E-state index is 11.7. The predicted octanol–water partition coefficient (Wildman–Crippen LogP) is 0.553. The average molecular weight is 298 g/mol. The first-order valence-corrected chi connectivity index (χ1v) is 8.19. The van der Waals surface area contributed by atoms with Crippen LogP contribution in [-0.4, -0.2) is 39.1 Å². The van der Waals surface area contributed by atoms with Gasteiger partial charge in [-0.1, -0.05) is 20.8 Å². The molecule has 1 saturated heterocycles. The highest BCUT2D eigenvalue weighted by atomic mass is 32.2. The molecule has 0 radical (unpaired) electrons. The number of nitrogens with zero attached hydrogens (tertiary/aromatic N) is 2. The molecule has 1 atom stereocenters. The third-order valence-electron chi connectivity index (χ3n) is 3.63. The lowest BCUT2D eigenvalue weighted by molar-refractivity contribution is 0.253. The zero-order valence-electron chi connectivity index (χ0n) is 12.1. The zero-order valence-corrected chi connectivity index (χ0v) is 12.9. The summed E-state index contributed by atoms with van der Waals surface area (Å²) in [5.74, 6) is 0. The fraction of sp³-hybridized carbons (Fsp3) is 0.615. The molecule has 1 aromatic heterocycles. The first-order valence-electron chi connectivity index (χ1n) is 6.65. The normalized spacial score (nSPS) is 21.0. The van der Waals surface area contributed by atoms with E-state index < -0.39 is 10.0 Å². The summed E-state index contributed by atoms with van der Waals surface area (Å²) in [4.78, 5) is 6.03. The zero-order chi connectivity index (χ0) is 15.0. The summed E-state index contributed by atoms with van der Waals surface area (Å²) in [5.41, 5.74) is 0.742. The third kappa shape index (κ3) is 3.28.